The fourth-order valence-electron chi connectivity index (χ4n) is 2.39. The molecular formula is C17H16FN3O2. The molecule has 0 aliphatic heterocycles. The quantitative estimate of drug-likeness (QED) is 0.776. The Balaban J connectivity index is 1.77. The average Bonchev–Trinajstić information content (AvgIpc) is 2.96. The molecule has 3 rings (SSSR count). The van der Waals surface area contributed by atoms with Crippen LogP contribution in [0.1, 0.15) is 27.2 Å². The number of nitrogens with one attached hydrogen (secondary N) is 1. The molecule has 5 nitrogen and oxygen atoms in total. The van der Waals surface area contributed by atoms with Gasteiger partial charge in [-0.3, -0.25) is 9.20 Å². The monoisotopic (exact) mass is 313 g/mol. The third-order valence-corrected chi connectivity index (χ3v) is 3.62. The van der Waals surface area contributed by atoms with Crippen LogP contribution in [0.4, 0.5) is 4.39 Å². The van der Waals surface area contributed by atoms with E-state index in [2.05, 4.69) is 10.3 Å². The molecule has 1 aromatic carbocycles. The third-order valence-electron chi connectivity index (χ3n) is 3.62. The van der Waals surface area contributed by atoms with E-state index in [-0.39, 0.29) is 24.6 Å². The Kier molecular flexibility index (Phi) is 4.08. The van der Waals surface area contributed by atoms with E-state index in [0.29, 0.717) is 16.9 Å². The first kappa shape index (κ1) is 15.2. The summed E-state index contributed by atoms with van der Waals surface area (Å²) in [5, 5.41) is 11.9. The molecule has 0 atom stereocenters. The Bertz CT molecular complexity index is 873. The first-order valence-corrected chi connectivity index (χ1v) is 7.18. The Hall–Kier alpha value is -2.73. The molecule has 0 saturated heterocycles. The van der Waals surface area contributed by atoms with Gasteiger partial charge in [0.05, 0.1) is 12.8 Å². The van der Waals surface area contributed by atoms with Crippen LogP contribution in [0.2, 0.25) is 0 Å². The van der Waals surface area contributed by atoms with Crippen LogP contribution in [0.5, 0.6) is 0 Å². The van der Waals surface area contributed by atoms with Crippen LogP contribution < -0.4 is 5.32 Å². The van der Waals surface area contributed by atoms with Crippen molar-refractivity contribution in [2.24, 2.45) is 0 Å². The average molecular weight is 313 g/mol. The largest absolute Gasteiger partial charge is 0.392 e. The molecule has 0 saturated carbocycles. The van der Waals surface area contributed by atoms with Gasteiger partial charge in [0.25, 0.3) is 5.91 Å². The molecule has 3 aromatic rings. The number of aryl methyl sites for hydroxylation is 1. The van der Waals surface area contributed by atoms with Crippen molar-refractivity contribution in [3.05, 3.63) is 70.9 Å². The highest BCUT2D eigenvalue weighted by Gasteiger charge is 2.12. The SMILES string of the molecule is Cc1ccc2ncc(C(=O)NCc3ccc(F)c(CO)c3)n2c1. The number of benzene rings is 1. The number of pyridine rings is 1. The number of hydrogen-bond donors (Lipinski definition) is 2. The van der Waals surface area contributed by atoms with Crippen LogP contribution >= 0.6 is 0 Å². The number of hydrogen-bond acceptors (Lipinski definition) is 3. The first-order valence-electron chi connectivity index (χ1n) is 7.18. The van der Waals surface area contributed by atoms with Crippen molar-refractivity contribution in [3.8, 4) is 0 Å². The molecule has 0 aliphatic carbocycles. The Morgan fingerprint density at radius 3 is 2.96 bits per heavy atom. The zero-order chi connectivity index (χ0) is 16.4. The van der Waals surface area contributed by atoms with E-state index in [4.69, 9.17) is 5.11 Å². The molecule has 2 aromatic heterocycles. The van der Waals surface area contributed by atoms with Crippen molar-refractivity contribution < 1.29 is 14.3 Å². The Morgan fingerprint density at radius 1 is 1.35 bits per heavy atom. The van der Waals surface area contributed by atoms with Crippen molar-refractivity contribution in [3.63, 3.8) is 0 Å². The van der Waals surface area contributed by atoms with Crippen molar-refractivity contribution in [2.75, 3.05) is 0 Å². The minimum absolute atomic E-state index is 0.210. The molecule has 23 heavy (non-hydrogen) atoms. The second-order valence-corrected chi connectivity index (χ2v) is 5.34. The van der Waals surface area contributed by atoms with Gasteiger partial charge in [-0.05, 0) is 36.2 Å². The summed E-state index contributed by atoms with van der Waals surface area (Å²) in [5.41, 5.74) is 3.09. The number of halogens is 1. The molecule has 0 unspecified atom stereocenters. The number of rotatable bonds is 4. The van der Waals surface area contributed by atoms with Crippen molar-refractivity contribution in [2.45, 2.75) is 20.1 Å². The van der Waals surface area contributed by atoms with Crippen LogP contribution in [0, 0.1) is 12.7 Å². The summed E-state index contributed by atoms with van der Waals surface area (Å²) in [6.07, 6.45) is 3.37. The summed E-state index contributed by atoms with van der Waals surface area (Å²) in [5.74, 6) is -0.724. The molecule has 6 heteroatoms. The number of carbonyl (C=O) groups is 1. The molecular weight excluding hydrogens is 297 g/mol. The zero-order valence-corrected chi connectivity index (χ0v) is 12.6. The molecule has 0 aliphatic rings. The van der Waals surface area contributed by atoms with E-state index in [9.17, 15) is 9.18 Å². The number of aliphatic hydroxyl groups is 1. The smallest absolute Gasteiger partial charge is 0.270 e. The molecule has 0 spiro atoms. The van der Waals surface area contributed by atoms with Crippen LogP contribution in [0.3, 0.4) is 0 Å². The number of fused-ring (bicyclic) bond motifs is 1. The van der Waals surface area contributed by atoms with Gasteiger partial charge in [0.2, 0.25) is 0 Å². The summed E-state index contributed by atoms with van der Waals surface area (Å²) in [4.78, 5) is 16.5. The summed E-state index contributed by atoms with van der Waals surface area (Å²) >= 11 is 0. The molecule has 2 heterocycles. The molecule has 0 bridgehead atoms. The predicted molar refractivity (Wildman–Crippen MR) is 83.4 cm³/mol. The van der Waals surface area contributed by atoms with Crippen LogP contribution in [0.25, 0.3) is 5.65 Å². The summed E-state index contributed by atoms with van der Waals surface area (Å²) < 4.78 is 15.1. The van der Waals surface area contributed by atoms with E-state index in [1.165, 1.54) is 18.3 Å². The highest BCUT2D eigenvalue weighted by molar-refractivity contribution is 5.93. The summed E-state index contributed by atoms with van der Waals surface area (Å²) in [6.45, 7) is 1.81. The van der Waals surface area contributed by atoms with Gasteiger partial charge in [0.15, 0.2) is 0 Å². The van der Waals surface area contributed by atoms with Crippen LogP contribution in [0.15, 0.2) is 42.7 Å². The number of imidazole rings is 1. The lowest BCUT2D eigenvalue weighted by molar-refractivity contribution is 0.0945. The van der Waals surface area contributed by atoms with Gasteiger partial charge in [0.1, 0.15) is 17.2 Å². The Morgan fingerprint density at radius 2 is 2.17 bits per heavy atom. The number of carbonyl (C=O) groups excluding carboxylic acids is 1. The third kappa shape index (κ3) is 3.07. The van der Waals surface area contributed by atoms with Crippen molar-refractivity contribution in [1.29, 1.82) is 0 Å². The lowest BCUT2D eigenvalue weighted by atomic mass is 10.1. The van der Waals surface area contributed by atoms with Gasteiger partial charge in [-0.25, -0.2) is 9.37 Å². The lowest BCUT2D eigenvalue weighted by Crippen LogP contribution is -2.24. The maximum atomic E-state index is 13.3. The number of amides is 1. The van der Waals surface area contributed by atoms with Crippen LogP contribution in [-0.4, -0.2) is 20.4 Å². The highest BCUT2D eigenvalue weighted by Crippen LogP contribution is 2.12. The van der Waals surface area contributed by atoms with E-state index in [1.807, 2.05) is 25.3 Å². The number of nitrogens with zero attached hydrogens (tertiary/aromatic N) is 2. The van der Waals surface area contributed by atoms with E-state index >= 15 is 0 Å². The zero-order valence-electron chi connectivity index (χ0n) is 12.6. The minimum Gasteiger partial charge on any atom is -0.392 e. The van der Waals surface area contributed by atoms with Gasteiger partial charge >= 0.3 is 0 Å². The molecule has 0 fully saturated rings. The summed E-state index contributed by atoms with van der Waals surface area (Å²) in [7, 11) is 0. The Labute approximate surface area is 132 Å². The van der Waals surface area contributed by atoms with E-state index in [1.54, 1.807) is 10.5 Å². The summed E-state index contributed by atoms with van der Waals surface area (Å²) in [6, 6.07) is 8.17. The fourth-order valence-corrected chi connectivity index (χ4v) is 2.39. The second kappa shape index (κ2) is 6.18. The standard InChI is InChI=1S/C17H16FN3O2/c1-11-2-5-16-19-8-15(21(16)9-11)17(23)20-7-12-3-4-14(18)13(6-12)10-22/h2-6,8-9,22H,7,10H2,1H3,(H,20,23). The van der Waals surface area contributed by atoms with E-state index in [0.717, 1.165) is 5.56 Å². The normalized spacial score (nSPS) is 10.9. The lowest BCUT2D eigenvalue weighted by Gasteiger charge is -2.07. The maximum Gasteiger partial charge on any atom is 0.270 e. The minimum atomic E-state index is -0.458. The molecule has 0 radical (unpaired) electrons. The van der Waals surface area contributed by atoms with Crippen LogP contribution in [-0.2, 0) is 13.2 Å². The molecule has 2 N–H and O–H groups in total. The predicted octanol–water partition coefficient (Wildman–Crippen LogP) is 2.20. The second-order valence-electron chi connectivity index (χ2n) is 5.34. The highest BCUT2D eigenvalue weighted by atomic mass is 19.1. The maximum absolute atomic E-state index is 13.3. The van der Waals surface area contributed by atoms with Gasteiger partial charge in [-0.15, -0.1) is 0 Å². The first-order chi connectivity index (χ1) is 11.1. The number of aliphatic hydroxyl groups excluding tert-OH is 1. The van der Waals surface area contributed by atoms with Gasteiger partial charge in [-0.2, -0.15) is 0 Å². The molecule has 1 amide bonds. The van der Waals surface area contributed by atoms with Gasteiger partial charge < -0.3 is 10.4 Å². The number of aromatic nitrogens is 2. The fraction of sp³-hybridized carbons (Fsp3) is 0.176. The van der Waals surface area contributed by atoms with Gasteiger partial charge in [-0.1, -0.05) is 12.1 Å². The van der Waals surface area contributed by atoms with Gasteiger partial charge in [0, 0.05) is 18.3 Å². The topological polar surface area (TPSA) is 66.6 Å². The van der Waals surface area contributed by atoms with E-state index < -0.39 is 5.82 Å². The van der Waals surface area contributed by atoms with Crippen molar-refractivity contribution >= 4 is 11.6 Å². The molecule has 118 valence electrons. The van der Waals surface area contributed by atoms with Crippen molar-refractivity contribution in [1.82, 2.24) is 14.7 Å².